The predicted octanol–water partition coefficient (Wildman–Crippen LogP) is 1.67. The zero-order chi connectivity index (χ0) is 18.1. The van der Waals surface area contributed by atoms with E-state index in [-0.39, 0.29) is 24.1 Å². The van der Waals surface area contributed by atoms with Crippen molar-refractivity contribution in [1.29, 1.82) is 0 Å². The zero-order valence-electron chi connectivity index (χ0n) is 14.0. The first-order valence-corrected chi connectivity index (χ1v) is 9.80. The van der Waals surface area contributed by atoms with E-state index < -0.39 is 10.0 Å². The topological polar surface area (TPSA) is 84.9 Å². The van der Waals surface area contributed by atoms with E-state index in [4.69, 9.17) is 9.47 Å². The number of carbonyl (C=O) groups excluding carboxylic acids is 1. The number of sulfonamides is 1. The van der Waals surface area contributed by atoms with Crippen LogP contribution >= 0.6 is 0 Å². The van der Waals surface area contributed by atoms with Crippen LogP contribution in [0.4, 0.5) is 5.69 Å². The monoisotopic (exact) mass is 374 g/mol. The van der Waals surface area contributed by atoms with Crippen molar-refractivity contribution in [3.8, 4) is 11.5 Å². The molecular formula is C18H18N2O5S. The molecule has 26 heavy (non-hydrogen) atoms. The van der Waals surface area contributed by atoms with Crippen LogP contribution in [-0.2, 0) is 21.2 Å². The molecule has 2 aliphatic heterocycles. The summed E-state index contributed by atoms with van der Waals surface area (Å²) in [5.74, 6) is 0.607. The van der Waals surface area contributed by atoms with E-state index in [0.29, 0.717) is 18.0 Å². The highest BCUT2D eigenvalue weighted by atomic mass is 32.2. The SMILES string of the molecule is O=C(CNS(=O)(=O)c1ccc2c(c1)OCO2)N1CCCc2ccccc21. The number of carbonyl (C=O) groups is 1. The average Bonchev–Trinajstić information content (AvgIpc) is 3.13. The molecule has 0 unspecified atom stereocenters. The molecule has 2 heterocycles. The molecule has 0 fully saturated rings. The molecule has 4 rings (SSSR count). The first-order valence-electron chi connectivity index (χ1n) is 8.32. The van der Waals surface area contributed by atoms with Crippen molar-refractivity contribution in [3.63, 3.8) is 0 Å². The fourth-order valence-electron chi connectivity index (χ4n) is 3.17. The molecule has 7 nitrogen and oxygen atoms in total. The summed E-state index contributed by atoms with van der Waals surface area (Å²) in [6.45, 7) is 0.353. The standard InChI is InChI=1S/C18H18N2O5S/c21-18(20-9-3-5-13-4-1-2-6-15(13)20)11-19-26(22,23)14-7-8-16-17(10-14)25-12-24-16/h1-2,4,6-8,10,19H,3,5,9,11-12H2. The lowest BCUT2D eigenvalue weighted by Gasteiger charge is -2.29. The molecular weight excluding hydrogens is 356 g/mol. The smallest absolute Gasteiger partial charge is 0.242 e. The highest BCUT2D eigenvalue weighted by Crippen LogP contribution is 2.33. The van der Waals surface area contributed by atoms with Crippen molar-refractivity contribution in [2.45, 2.75) is 17.7 Å². The molecule has 2 aromatic rings. The number of anilines is 1. The Balaban J connectivity index is 1.48. The maximum Gasteiger partial charge on any atom is 0.242 e. The number of ether oxygens (including phenoxy) is 2. The van der Waals surface area contributed by atoms with Crippen molar-refractivity contribution in [1.82, 2.24) is 4.72 Å². The molecule has 1 amide bonds. The molecule has 2 aromatic carbocycles. The lowest BCUT2D eigenvalue weighted by atomic mass is 10.0. The van der Waals surface area contributed by atoms with Gasteiger partial charge in [0.2, 0.25) is 22.7 Å². The molecule has 0 spiro atoms. The second-order valence-corrected chi connectivity index (χ2v) is 7.88. The van der Waals surface area contributed by atoms with Crippen LogP contribution < -0.4 is 19.1 Å². The van der Waals surface area contributed by atoms with Crippen molar-refractivity contribution in [2.75, 3.05) is 24.8 Å². The van der Waals surface area contributed by atoms with Crippen molar-refractivity contribution < 1.29 is 22.7 Å². The lowest BCUT2D eigenvalue weighted by molar-refractivity contribution is -0.117. The number of rotatable bonds is 4. The Labute approximate surface area is 151 Å². The summed E-state index contributed by atoms with van der Waals surface area (Å²) < 4.78 is 37.7. The largest absolute Gasteiger partial charge is 0.454 e. The number of nitrogens with zero attached hydrogens (tertiary/aromatic N) is 1. The van der Waals surface area contributed by atoms with Gasteiger partial charge >= 0.3 is 0 Å². The van der Waals surface area contributed by atoms with Crippen LogP contribution in [0.15, 0.2) is 47.4 Å². The molecule has 0 bridgehead atoms. The van der Waals surface area contributed by atoms with E-state index in [0.717, 1.165) is 24.1 Å². The quantitative estimate of drug-likeness (QED) is 0.880. The Morgan fingerprint density at radius 2 is 1.92 bits per heavy atom. The summed E-state index contributed by atoms with van der Waals surface area (Å²) >= 11 is 0. The van der Waals surface area contributed by atoms with E-state index in [1.807, 2.05) is 24.3 Å². The normalized spacial score (nSPS) is 15.6. The maximum atomic E-state index is 12.6. The molecule has 0 radical (unpaired) electrons. The molecule has 1 N–H and O–H groups in total. The van der Waals surface area contributed by atoms with E-state index in [9.17, 15) is 13.2 Å². The van der Waals surface area contributed by atoms with Gasteiger partial charge in [0, 0.05) is 18.3 Å². The van der Waals surface area contributed by atoms with Gasteiger partial charge in [0.05, 0.1) is 11.4 Å². The van der Waals surface area contributed by atoms with Crippen molar-refractivity contribution >= 4 is 21.6 Å². The molecule has 0 aromatic heterocycles. The number of aryl methyl sites for hydroxylation is 1. The van der Waals surface area contributed by atoms with E-state index >= 15 is 0 Å². The number of hydrogen-bond donors (Lipinski definition) is 1. The van der Waals surface area contributed by atoms with Gasteiger partial charge in [-0.15, -0.1) is 0 Å². The van der Waals surface area contributed by atoms with Crippen molar-refractivity contribution in [2.24, 2.45) is 0 Å². The summed E-state index contributed by atoms with van der Waals surface area (Å²) in [6.07, 6.45) is 1.78. The van der Waals surface area contributed by atoms with Gasteiger partial charge in [-0.05, 0) is 36.6 Å². The van der Waals surface area contributed by atoms with Crippen LogP contribution in [0.5, 0.6) is 11.5 Å². The van der Waals surface area contributed by atoms with Gasteiger partial charge in [0.1, 0.15) is 0 Å². The van der Waals surface area contributed by atoms with Crippen LogP contribution in [0, 0.1) is 0 Å². The number of benzene rings is 2. The third kappa shape index (κ3) is 3.13. The minimum absolute atomic E-state index is 0.0357. The lowest BCUT2D eigenvalue weighted by Crippen LogP contribution is -2.42. The van der Waals surface area contributed by atoms with Crippen LogP contribution in [0.2, 0.25) is 0 Å². The first kappa shape index (κ1) is 16.9. The third-order valence-electron chi connectivity index (χ3n) is 4.48. The van der Waals surface area contributed by atoms with Gasteiger partial charge in [-0.2, -0.15) is 0 Å². The summed E-state index contributed by atoms with van der Waals surface area (Å²) in [7, 11) is -3.83. The molecule has 8 heteroatoms. The minimum Gasteiger partial charge on any atom is -0.454 e. The van der Waals surface area contributed by atoms with Gasteiger partial charge in [-0.25, -0.2) is 13.1 Å². The minimum atomic E-state index is -3.83. The molecule has 0 saturated carbocycles. The second kappa shape index (κ2) is 6.62. The van der Waals surface area contributed by atoms with Crippen LogP contribution in [-0.4, -0.2) is 34.2 Å². The van der Waals surface area contributed by atoms with E-state index in [1.54, 1.807) is 11.0 Å². The van der Waals surface area contributed by atoms with Crippen LogP contribution in [0.25, 0.3) is 0 Å². The van der Waals surface area contributed by atoms with E-state index in [1.165, 1.54) is 12.1 Å². The average molecular weight is 374 g/mol. The highest BCUT2D eigenvalue weighted by molar-refractivity contribution is 7.89. The molecule has 2 aliphatic rings. The Kier molecular flexibility index (Phi) is 4.29. The molecule has 136 valence electrons. The summed E-state index contributed by atoms with van der Waals surface area (Å²) in [5.41, 5.74) is 1.96. The Morgan fingerprint density at radius 1 is 1.12 bits per heavy atom. The second-order valence-electron chi connectivity index (χ2n) is 6.12. The number of nitrogens with one attached hydrogen (secondary N) is 1. The van der Waals surface area contributed by atoms with Gasteiger partial charge in [0.25, 0.3) is 0 Å². The number of fused-ring (bicyclic) bond motifs is 2. The number of amides is 1. The molecule has 0 atom stereocenters. The zero-order valence-corrected chi connectivity index (χ0v) is 14.8. The number of para-hydroxylation sites is 1. The maximum absolute atomic E-state index is 12.6. The Morgan fingerprint density at radius 3 is 2.81 bits per heavy atom. The third-order valence-corrected chi connectivity index (χ3v) is 5.88. The highest BCUT2D eigenvalue weighted by Gasteiger charge is 2.25. The summed E-state index contributed by atoms with van der Waals surface area (Å²) in [6, 6.07) is 12.1. The fraction of sp³-hybridized carbons (Fsp3) is 0.278. The molecule has 0 saturated heterocycles. The first-order chi connectivity index (χ1) is 12.5. The van der Waals surface area contributed by atoms with Crippen molar-refractivity contribution in [3.05, 3.63) is 48.0 Å². The number of hydrogen-bond acceptors (Lipinski definition) is 5. The summed E-state index contributed by atoms with van der Waals surface area (Å²) in [4.78, 5) is 14.3. The summed E-state index contributed by atoms with van der Waals surface area (Å²) in [5, 5.41) is 0. The van der Waals surface area contributed by atoms with Crippen LogP contribution in [0.1, 0.15) is 12.0 Å². The Hall–Kier alpha value is -2.58. The van der Waals surface area contributed by atoms with Gasteiger partial charge in [-0.3, -0.25) is 4.79 Å². The fourth-order valence-corrected chi connectivity index (χ4v) is 4.16. The predicted molar refractivity (Wildman–Crippen MR) is 94.9 cm³/mol. The molecule has 0 aliphatic carbocycles. The van der Waals surface area contributed by atoms with Gasteiger partial charge in [-0.1, -0.05) is 18.2 Å². The van der Waals surface area contributed by atoms with Crippen LogP contribution in [0.3, 0.4) is 0 Å². The Bertz CT molecular complexity index is 958. The van der Waals surface area contributed by atoms with E-state index in [2.05, 4.69) is 4.72 Å². The van der Waals surface area contributed by atoms with Gasteiger partial charge in [0.15, 0.2) is 11.5 Å². The van der Waals surface area contributed by atoms with Gasteiger partial charge < -0.3 is 14.4 Å².